The van der Waals surface area contributed by atoms with E-state index >= 15 is 0 Å². The number of amides is 1. The molecule has 0 saturated heterocycles. The van der Waals surface area contributed by atoms with Crippen molar-refractivity contribution in [1.82, 2.24) is 24.5 Å². The Balaban J connectivity index is 0.00000126. The first-order valence-corrected chi connectivity index (χ1v) is 11.0. The normalized spacial score (nSPS) is 19.6. The summed E-state index contributed by atoms with van der Waals surface area (Å²) in [4.78, 5) is 30.1. The van der Waals surface area contributed by atoms with Crippen LogP contribution in [0.25, 0.3) is 5.65 Å². The van der Waals surface area contributed by atoms with Gasteiger partial charge in [-0.15, -0.1) is 0 Å². The maximum atomic E-state index is 13.2. The molecular weight excluding hydrogens is 429 g/mol. The van der Waals surface area contributed by atoms with E-state index in [1.807, 2.05) is 12.3 Å². The smallest absolute Gasteiger partial charge is 0.274 e. The number of fused-ring (bicyclic) bond motifs is 1. The predicted molar refractivity (Wildman–Crippen MR) is 123 cm³/mol. The van der Waals surface area contributed by atoms with Gasteiger partial charge >= 0.3 is 0 Å². The Hall–Kier alpha value is -3.47. The van der Waals surface area contributed by atoms with Crippen LogP contribution in [0.5, 0.6) is 0 Å². The third-order valence-corrected chi connectivity index (χ3v) is 5.96. The summed E-state index contributed by atoms with van der Waals surface area (Å²) in [5, 5.41) is 20.0. The van der Waals surface area contributed by atoms with Gasteiger partial charge in [0.15, 0.2) is 5.65 Å². The number of nitrogens with one attached hydrogen (secondary N) is 3. The summed E-state index contributed by atoms with van der Waals surface area (Å²) in [5.74, 6) is 0.575. The molecule has 11 heteroatoms. The zero-order chi connectivity index (χ0) is 23.5. The summed E-state index contributed by atoms with van der Waals surface area (Å²) in [6, 6.07) is 5.06. The Morgan fingerprint density at radius 3 is 2.67 bits per heavy atom. The van der Waals surface area contributed by atoms with E-state index in [1.54, 1.807) is 23.7 Å². The van der Waals surface area contributed by atoms with E-state index in [-0.39, 0.29) is 17.2 Å². The number of pyridine rings is 1. The molecule has 2 saturated carbocycles. The van der Waals surface area contributed by atoms with Crippen molar-refractivity contribution in [3.8, 4) is 0 Å². The number of aliphatic hydroxyl groups excluding tert-OH is 1. The lowest BCUT2D eigenvalue weighted by Crippen LogP contribution is -2.27. The molecule has 4 N–H and O–H groups in total. The second kappa shape index (κ2) is 9.57. The second-order valence-corrected chi connectivity index (χ2v) is 8.10. The molecule has 0 aliphatic heterocycles. The number of hydrogen-bond donors (Lipinski definition) is 4. The van der Waals surface area contributed by atoms with Crippen LogP contribution in [0.1, 0.15) is 48.5 Å². The van der Waals surface area contributed by atoms with Crippen LogP contribution in [0.4, 0.5) is 21.7 Å². The van der Waals surface area contributed by atoms with Crippen LogP contribution in [0.3, 0.4) is 0 Å². The molecule has 3 heterocycles. The number of alkyl halides is 1. The van der Waals surface area contributed by atoms with Gasteiger partial charge in [0.2, 0.25) is 0 Å². The van der Waals surface area contributed by atoms with Gasteiger partial charge in [0.1, 0.15) is 29.1 Å². The van der Waals surface area contributed by atoms with Crippen molar-refractivity contribution < 1.29 is 14.3 Å². The predicted octanol–water partition coefficient (Wildman–Crippen LogP) is 2.24. The lowest BCUT2D eigenvalue weighted by molar-refractivity contribution is 0.0949. The maximum Gasteiger partial charge on any atom is 0.274 e. The molecule has 1 amide bonds. The van der Waals surface area contributed by atoms with E-state index in [9.17, 15) is 14.0 Å². The average molecular weight is 458 g/mol. The molecule has 3 aromatic heterocycles. The topological polar surface area (TPSA) is 126 Å². The number of halogens is 1. The van der Waals surface area contributed by atoms with Crippen molar-refractivity contribution in [3.63, 3.8) is 0 Å². The van der Waals surface area contributed by atoms with Gasteiger partial charge in [-0.2, -0.15) is 9.61 Å². The van der Waals surface area contributed by atoms with Crippen molar-refractivity contribution >= 4 is 28.9 Å². The van der Waals surface area contributed by atoms with Crippen LogP contribution >= 0.6 is 0 Å². The highest BCUT2D eigenvalue weighted by Crippen LogP contribution is 2.29. The molecule has 2 aliphatic rings. The Bertz CT molecular complexity index is 1200. The molecule has 2 fully saturated rings. The molecule has 33 heavy (non-hydrogen) atoms. The SMILES string of the molecule is CNc1cc(Nc2cccn(C3CCCC3)c2=O)nc2c(C(=O)NC3CC3F)cnn12.CO. The summed E-state index contributed by atoms with van der Waals surface area (Å²) in [6.07, 6.45) is 6.85. The molecule has 0 spiro atoms. The maximum absolute atomic E-state index is 13.2. The zero-order valence-electron chi connectivity index (χ0n) is 18.6. The van der Waals surface area contributed by atoms with Gasteiger partial charge in [0.25, 0.3) is 11.5 Å². The fourth-order valence-electron chi connectivity index (χ4n) is 4.14. The molecule has 0 bridgehead atoms. The highest BCUT2D eigenvalue weighted by Gasteiger charge is 2.39. The Labute approximate surface area is 189 Å². The largest absolute Gasteiger partial charge is 0.400 e. The molecule has 5 rings (SSSR count). The van der Waals surface area contributed by atoms with E-state index in [2.05, 4.69) is 26.0 Å². The standard InChI is InChI=1S/C21H24FN7O2.CH4O/c1-23-18-10-17(25-15-7-4-8-28(21(15)31)12-5-2-3-6-12)27-19-13(11-24-29(18)19)20(30)26-16-9-14(16)22;1-2/h4,7-8,10-12,14,16,23H,2-3,5-6,9H2,1H3,(H,25,27)(H,26,30);2H,1H3. The van der Waals surface area contributed by atoms with E-state index in [0.29, 0.717) is 29.4 Å². The van der Waals surface area contributed by atoms with E-state index in [4.69, 9.17) is 5.11 Å². The number of carbonyl (C=O) groups excluding carboxylic acids is 1. The van der Waals surface area contributed by atoms with Crippen molar-refractivity contribution in [3.05, 3.63) is 46.5 Å². The number of carbonyl (C=O) groups is 1. The summed E-state index contributed by atoms with van der Waals surface area (Å²) in [6.45, 7) is 0. The van der Waals surface area contributed by atoms with Gasteiger partial charge in [-0.3, -0.25) is 9.59 Å². The summed E-state index contributed by atoms with van der Waals surface area (Å²) < 4.78 is 16.5. The summed E-state index contributed by atoms with van der Waals surface area (Å²) in [5.41, 5.74) is 0.874. The van der Waals surface area contributed by atoms with Crippen LogP contribution in [-0.4, -0.2) is 56.5 Å². The third kappa shape index (κ3) is 4.54. The monoisotopic (exact) mass is 457 g/mol. The summed E-state index contributed by atoms with van der Waals surface area (Å²) >= 11 is 0. The van der Waals surface area contributed by atoms with E-state index < -0.39 is 18.1 Å². The molecule has 2 atom stereocenters. The van der Waals surface area contributed by atoms with Crippen molar-refractivity contribution in [1.29, 1.82) is 0 Å². The Morgan fingerprint density at radius 1 is 1.27 bits per heavy atom. The van der Waals surface area contributed by atoms with Gasteiger partial charge in [0.05, 0.1) is 12.2 Å². The number of aromatic nitrogens is 4. The van der Waals surface area contributed by atoms with Crippen molar-refractivity contribution in [2.45, 2.75) is 50.4 Å². The number of anilines is 3. The van der Waals surface area contributed by atoms with Gasteiger partial charge in [-0.05, 0) is 25.0 Å². The van der Waals surface area contributed by atoms with Crippen LogP contribution in [0, 0.1) is 0 Å². The minimum absolute atomic E-state index is 0.101. The van der Waals surface area contributed by atoms with Gasteiger partial charge in [-0.1, -0.05) is 12.8 Å². The number of nitrogens with zero attached hydrogens (tertiary/aromatic N) is 4. The Morgan fingerprint density at radius 2 is 2.00 bits per heavy atom. The van der Waals surface area contributed by atoms with Crippen LogP contribution in [0.2, 0.25) is 0 Å². The fraction of sp³-hybridized carbons (Fsp3) is 0.455. The zero-order valence-corrected chi connectivity index (χ0v) is 18.6. The third-order valence-electron chi connectivity index (χ3n) is 5.96. The lowest BCUT2D eigenvalue weighted by atomic mass is 10.2. The first-order valence-electron chi connectivity index (χ1n) is 11.0. The quantitative estimate of drug-likeness (QED) is 0.447. The van der Waals surface area contributed by atoms with Crippen LogP contribution in [0.15, 0.2) is 35.4 Å². The number of rotatable bonds is 6. The number of hydrogen-bond acceptors (Lipinski definition) is 7. The minimum atomic E-state index is -0.996. The van der Waals surface area contributed by atoms with Gasteiger partial charge < -0.3 is 25.6 Å². The number of aliphatic hydroxyl groups is 1. The highest BCUT2D eigenvalue weighted by molar-refractivity contribution is 6.00. The van der Waals surface area contributed by atoms with E-state index in [0.717, 1.165) is 32.8 Å². The van der Waals surface area contributed by atoms with Crippen LogP contribution in [-0.2, 0) is 0 Å². The molecule has 0 radical (unpaired) electrons. The van der Waals surface area contributed by atoms with Crippen molar-refractivity contribution in [2.24, 2.45) is 0 Å². The van der Waals surface area contributed by atoms with Crippen molar-refractivity contribution in [2.75, 3.05) is 24.8 Å². The molecule has 0 aromatic carbocycles. The molecular formula is C22H28FN7O3. The van der Waals surface area contributed by atoms with Crippen LogP contribution < -0.4 is 21.5 Å². The molecule has 3 aromatic rings. The summed E-state index contributed by atoms with van der Waals surface area (Å²) in [7, 11) is 2.73. The fourth-order valence-corrected chi connectivity index (χ4v) is 4.14. The molecule has 2 unspecified atom stereocenters. The Kier molecular flexibility index (Phi) is 6.59. The highest BCUT2D eigenvalue weighted by atomic mass is 19.1. The van der Waals surface area contributed by atoms with E-state index in [1.165, 1.54) is 10.7 Å². The molecule has 10 nitrogen and oxygen atoms in total. The van der Waals surface area contributed by atoms with Gasteiger partial charge in [-0.25, -0.2) is 9.37 Å². The molecule has 2 aliphatic carbocycles. The lowest BCUT2D eigenvalue weighted by Gasteiger charge is -2.15. The minimum Gasteiger partial charge on any atom is -0.400 e. The van der Waals surface area contributed by atoms with Gasteiger partial charge in [0, 0.05) is 38.9 Å². The molecule has 176 valence electrons. The first kappa shape index (κ1) is 22.7. The second-order valence-electron chi connectivity index (χ2n) is 8.10. The average Bonchev–Trinajstić information content (AvgIpc) is 3.22. The first-order chi connectivity index (χ1) is 16.0.